The first-order valence-corrected chi connectivity index (χ1v) is 11.8. The van der Waals surface area contributed by atoms with Crippen molar-refractivity contribution in [3.8, 4) is 5.75 Å². The molecule has 5 nitrogen and oxygen atoms in total. The minimum absolute atomic E-state index is 0.260. The van der Waals surface area contributed by atoms with Crippen molar-refractivity contribution in [1.29, 1.82) is 0 Å². The summed E-state index contributed by atoms with van der Waals surface area (Å²) in [5.41, 5.74) is 3.13. The zero-order valence-electron chi connectivity index (χ0n) is 19.2. The summed E-state index contributed by atoms with van der Waals surface area (Å²) in [5, 5.41) is 10.5. The summed E-state index contributed by atoms with van der Waals surface area (Å²) < 4.78 is 8.30. The normalized spacial score (nSPS) is 16.3. The van der Waals surface area contributed by atoms with Gasteiger partial charge in [-0.2, -0.15) is 0 Å². The van der Waals surface area contributed by atoms with Gasteiger partial charge in [-0.05, 0) is 75.0 Å². The minimum atomic E-state index is -0.928. The molecule has 0 bridgehead atoms. The lowest BCUT2D eigenvalue weighted by atomic mass is 9.89. The van der Waals surface area contributed by atoms with Crippen molar-refractivity contribution in [3.05, 3.63) is 65.9 Å². The van der Waals surface area contributed by atoms with E-state index in [4.69, 9.17) is 9.84 Å². The molecule has 1 N–H and O–H groups in total. The fourth-order valence-electron chi connectivity index (χ4n) is 4.96. The molecule has 0 saturated carbocycles. The molecule has 2 heterocycles. The number of carbonyl (C=O) groups is 1. The maximum absolute atomic E-state index is 11.1. The van der Waals surface area contributed by atoms with Gasteiger partial charge in [-0.3, -0.25) is 4.90 Å². The second kappa shape index (κ2) is 10.2. The second-order valence-electron chi connectivity index (χ2n) is 8.94. The van der Waals surface area contributed by atoms with E-state index in [0.29, 0.717) is 24.3 Å². The first kappa shape index (κ1) is 22.4. The summed E-state index contributed by atoms with van der Waals surface area (Å²) in [4.78, 5) is 13.6. The molecule has 4 rings (SSSR count). The highest BCUT2D eigenvalue weighted by Crippen LogP contribution is 2.36. The fraction of sp³-hybridized carbons (Fsp3) is 0.444. The van der Waals surface area contributed by atoms with Crippen molar-refractivity contribution in [3.63, 3.8) is 0 Å². The summed E-state index contributed by atoms with van der Waals surface area (Å²) in [5.74, 6) is 0.288. The highest BCUT2D eigenvalue weighted by atomic mass is 16.5. The van der Waals surface area contributed by atoms with Crippen LogP contribution in [0.15, 0.2) is 54.7 Å². The van der Waals surface area contributed by atoms with Crippen LogP contribution in [0.5, 0.6) is 5.75 Å². The Morgan fingerprint density at radius 3 is 2.69 bits per heavy atom. The molecule has 170 valence electrons. The molecule has 1 aromatic heterocycles. The molecule has 1 fully saturated rings. The Bertz CT molecular complexity index is 1050. The Morgan fingerprint density at radius 2 is 1.94 bits per heavy atom. The Hall–Kier alpha value is -2.79. The molecule has 32 heavy (non-hydrogen) atoms. The number of piperidine rings is 1. The van der Waals surface area contributed by atoms with Crippen LogP contribution < -0.4 is 4.74 Å². The topological polar surface area (TPSA) is 54.7 Å². The third kappa shape index (κ3) is 4.99. The van der Waals surface area contributed by atoms with E-state index in [1.807, 2.05) is 6.07 Å². The van der Waals surface area contributed by atoms with E-state index >= 15 is 0 Å². The third-order valence-electron chi connectivity index (χ3n) is 6.74. The first-order chi connectivity index (χ1) is 15.6. The highest BCUT2D eigenvalue weighted by molar-refractivity contribution is 5.88. The number of hydrogen-bond acceptors (Lipinski definition) is 3. The molecule has 2 aromatic carbocycles. The van der Waals surface area contributed by atoms with Crippen molar-refractivity contribution >= 4 is 16.9 Å². The van der Waals surface area contributed by atoms with Crippen LogP contribution in [0.3, 0.4) is 0 Å². The largest absolute Gasteiger partial charge is 0.492 e. The second-order valence-corrected chi connectivity index (χ2v) is 8.94. The Balaban J connectivity index is 1.34. The Morgan fingerprint density at radius 1 is 1.16 bits per heavy atom. The van der Waals surface area contributed by atoms with Gasteiger partial charge in [0.15, 0.2) is 0 Å². The number of para-hydroxylation sites is 1. The van der Waals surface area contributed by atoms with Crippen LogP contribution in [0, 0.1) is 0 Å². The molecular formula is C27H34N2O3. The number of likely N-dealkylation sites (tertiary alicyclic amines) is 1. The standard InChI is InChI=1S/C27H34N2O3/c1-3-7-20(2)29-19-25(24-10-4-5-11-26(24)29)21-12-14-28(15-13-21)16-17-32-23-9-6-8-22(18-23)27(30)31/h4-6,8-11,18-21H,3,7,12-17H2,1-2H3,(H,30,31). The predicted octanol–water partition coefficient (Wildman–Crippen LogP) is 5.96. The fourth-order valence-corrected chi connectivity index (χ4v) is 4.96. The maximum Gasteiger partial charge on any atom is 0.335 e. The number of carboxylic acids is 1. The van der Waals surface area contributed by atoms with Crippen LogP contribution in [0.1, 0.15) is 67.4 Å². The summed E-state index contributed by atoms with van der Waals surface area (Å²) >= 11 is 0. The van der Waals surface area contributed by atoms with Crippen molar-refractivity contribution in [1.82, 2.24) is 9.47 Å². The van der Waals surface area contributed by atoms with Gasteiger partial charge in [0.05, 0.1) is 5.56 Å². The van der Waals surface area contributed by atoms with E-state index in [0.717, 1.165) is 32.5 Å². The van der Waals surface area contributed by atoms with Crippen LogP contribution in [0.25, 0.3) is 10.9 Å². The number of benzene rings is 2. The molecule has 3 aromatic rings. The molecule has 0 amide bonds. The average molecular weight is 435 g/mol. The van der Waals surface area contributed by atoms with Gasteiger partial charge in [0.2, 0.25) is 0 Å². The molecule has 1 aliphatic heterocycles. The summed E-state index contributed by atoms with van der Waals surface area (Å²) in [6.07, 6.45) is 7.13. The molecule has 1 aliphatic rings. The number of nitrogens with zero attached hydrogens (tertiary/aromatic N) is 2. The van der Waals surface area contributed by atoms with Crippen molar-refractivity contribution in [2.75, 3.05) is 26.2 Å². The third-order valence-corrected chi connectivity index (χ3v) is 6.74. The van der Waals surface area contributed by atoms with Gasteiger partial charge in [0, 0.05) is 29.7 Å². The minimum Gasteiger partial charge on any atom is -0.492 e. The molecular weight excluding hydrogens is 400 g/mol. The number of aromatic carboxylic acids is 1. The zero-order chi connectivity index (χ0) is 22.5. The van der Waals surface area contributed by atoms with Gasteiger partial charge in [-0.25, -0.2) is 4.79 Å². The maximum atomic E-state index is 11.1. The smallest absolute Gasteiger partial charge is 0.335 e. The average Bonchev–Trinajstić information content (AvgIpc) is 3.20. The Labute approximate surface area is 190 Å². The summed E-state index contributed by atoms with van der Waals surface area (Å²) in [6.45, 7) is 8.14. The van der Waals surface area contributed by atoms with E-state index in [9.17, 15) is 4.79 Å². The van der Waals surface area contributed by atoms with Crippen LogP contribution in [0.2, 0.25) is 0 Å². The van der Waals surface area contributed by atoms with Crippen LogP contribution in [0.4, 0.5) is 0 Å². The lowest BCUT2D eigenvalue weighted by Crippen LogP contribution is -2.35. The van der Waals surface area contributed by atoms with Crippen LogP contribution >= 0.6 is 0 Å². The number of hydrogen-bond donors (Lipinski definition) is 1. The van der Waals surface area contributed by atoms with E-state index in [1.165, 1.54) is 29.3 Å². The SMILES string of the molecule is CCCC(C)n1cc(C2CCN(CCOc3cccc(C(=O)O)c3)CC2)c2ccccc21. The van der Waals surface area contributed by atoms with Crippen molar-refractivity contribution in [2.24, 2.45) is 0 Å². The van der Waals surface area contributed by atoms with Gasteiger partial charge >= 0.3 is 5.97 Å². The number of aromatic nitrogens is 1. The monoisotopic (exact) mass is 434 g/mol. The van der Waals surface area contributed by atoms with E-state index in [1.54, 1.807) is 18.2 Å². The van der Waals surface area contributed by atoms with Gasteiger partial charge in [-0.1, -0.05) is 37.6 Å². The van der Waals surface area contributed by atoms with Gasteiger partial charge in [-0.15, -0.1) is 0 Å². The van der Waals surface area contributed by atoms with Crippen LogP contribution in [-0.2, 0) is 0 Å². The predicted molar refractivity (Wildman–Crippen MR) is 129 cm³/mol. The Kier molecular flexibility index (Phi) is 7.15. The molecule has 0 aliphatic carbocycles. The number of carboxylic acid groups (broad SMARTS) is 1. The van der Waals surface area contributed by atoms with Crippen LogP contribution in [-0.4, -0.2) is 46.8 Å². The molecule has 0 spiro atoms. The van der Waals surface area contributed by atoms with Gasteiger partial charge < -0.3 is 14.4 Å². The van der Waals surface area contributed by atoms with E-state index < -0.39 is 5.97 Å². The summed E-state index contributed by atoms with van der Waals surface area (Å²) in [6, 6.07) is 16.1. The number of fused-ring (bicyclic) bond motifs is 1. The molecule has 0 radical (unpaired) electrons. The van der Waals surface area contributed by atoms with Crippen molar-refractivity contribution < 1.29 is 14.6 Å². The number of rotatable bonds is 9. The number of ether oxygens (including phenoxy) is 1. The molecule has 5 heteroatoms. The summed E-state index contributed by atoms with van der Waals surface area (Å²) in [7, 11) is 0. The van der Waals surface area contributed by atoms with E-state index in [-0.39, 0.29) is 5.56 Å². The quantitative estimate of drug-likeness (QED) is 0.451. The zero-order valence-corrected chi connectivity index (χ0v) is 19.2. The van der Waals surface area contributed by atoms with Crippen molar-refractivity contribution in [2.45, 2.75) is 51.5 Å². The highest BCUT2D eigenvalue weighted by Gasteiger charge is 2.24. The van der Waals surface area contributed by atoms with Gasteiger partial charge in [0.1, 0.15) is 12.4 Å². The molecule has 1 atom stereocenters. The lowest BCUT2D eigenvalue weighted by molar-refractivity contribution is 0.0696. The lowest BCUT2D eigenvalue weighted by Gasteiger charge is -2.31. The molecule has 1 unspecified atom stereocenters. The van der Waals surface area contributed by atoms with E-state index in [2.05, 4.69) is 53.8 Å². The van der Waals surface area contributed by atoms with Gasteiger partial charge in [0.25, 0.3) is 0 Å². The molecule has 1 saturated heterocycles. The first-order valence-electron chi connectivity index (χ1n) is 11.8.